The molecule has 0 atom stereocenters. The lowest BCUT2D eigenvalue weighted by molar-refractivity contribution is -0.137. The van der Waals surface area contributed by atoms with Crippen LogP contribution in [0.3, 0.4) is 0 Å². The number of methoxy groups -OCH3 is 1. The van der Waals surface area contributed by atoms with Crippen molar-refractivity contribution in [2.24, 2.45) is 10.8 Å². The van der Waals surface area contributed by atoms with Crippen molar-refractivity contribution in [1.82, 2.24) is 5.43 Å². The summed E-state index contributed by atoms with van der Waals surface area (Å²) in [5, 5.41) is 10.3. The number of rotatable bonds is 3. The highest BCUT2D eigenvalue weighted by molar-refractivity contribution is 5.85. The first-order valence-corrected chi connectivity index (χ1v) is 4.73. The molecular weight excluding hydrogens is 285 g/mol. The molecule has 0 bridgehead atoms. The Balaban J connectivity index is 0.00000324. The fourth-order valence-electron chi connectivity index (χ4n) is 1.18. The number of hydrazone groups is 1. The maximum atomic E-state index is 12.5. The van der Waals surface area contributed by atoms with Gasteiger partial charge < -0.3 is 10.5 Å². The lowest BCUT2D eigenvalue weighted by atomic mass is 10.1. The van der Waals surface area contributed by atoms with Gasteiger partial charge in [0, 0.05) is 5.56 Å². The summed E-state index contributed by atoms with van der Waals surface area (Å²) in [6.07, 6.45) is -3.35. The molecule has 0 spiro atoms. The molecule has 0 radical (unpaired) electrons. The Morgan fingerprint density at radius 2 is 2.11 bits per heavy atom. The highest BCUT2D eigenvalue weighted by Crippen LogP contribution is 2.31. The Hall–Kier alpha value is -1.96. The second-order valence-electron chi connectivity index (χ2n) is 3.24. The highest BCUT2D eigenvalue weighted by Gasteiger charge is 2.30. The standard InChI is InChI=1S/C10H11F3N4O.ClH/c1-18-8-3-2-7(10(11,12)13)4-6(8)5-16-17-9(14)15;/h2-5H,1H3,(H4,14,15,17);1H/b16-5+;. The molecule has 19 heavy (non-hydrogen) atoms. The van der Waals surface area contributed by atoms with Gasteiger partial charge >= 0.3 is 6.18 Å². The highest BCUT2D eigenvalue weighted by atomic mass is 35.5. The number of nitrogens with zero attached hydrogens (tertiary/aromatic N) is 1. The molecule has 9 heteroatoms. The van der Waals surface area contributed by atoms with Gasteiger partial charge in [-0.05, 0) is 18.2 Å². The van der Waals surface area contributed by atoms with Gasteiger partial charge in [0.05, 0.1) is 18.9 Å². The Kier molecular flexibility index (Phi) is 6.13. The summed E-state index contributed by atoms with van der Waals surface area (Å²) in [4.78, 5) is 0. The van der Waals surface area contributed by atoms with E-state index in [-0.39, 0.29) is 23.7 Å². The van der Waals surface area contributed by atoms with E-state index in [1.807, 2.05) is 0 Å². The number of nitrogens with one attached hydrogen (secondary N) is 2. The number of halogens is 4. The van der Waals surface area contributed by atoms with Crippen LogP contribution in [0, 0.1) is 5.41 Å². The van der Waals surface area contributed by atoms with Gasteiger partial charge in [0.25, 0.3) is 0 Å². The molecule has 0 fully saturated rings. The Morgan fingerprint density at radius 1 is 1.47 bits per heavy atom. The first-order valence-electron chi connectivity index (χ1n) is 4.73. The van der Waals surface area contributed by atoms with Gasteiger partial charge in [0.2, 0.25) is 5.96 Å². The fourth-order valence-corrected chi connectivity index (χ4v) is 1.18. The number of hydrogen-bond acceptors (Lipinski definition) is 3. The molecule has 0 aliphatic rings. The summed E-state index contributed by atoms with van der Waals surface area (Å²) in [7, 11) is 1.33. The van der Waals surface area contributed by atoms with E-state index in [1.54, 1.807) is 0 Å². The van der Waals surface area contributed by atoms with Gasteiger partial charge in [0.1, 0.15) is 5.75 Å². The maximum absolute atomic E-state index is 12.5. The summed E-state index contributed by atoms with van der Waals surface area (Å²) in [5.41, 5.74) is 6.38. The lowest BCUT2D eigenvalue weighted by Gasteiger charge is -2.10. The van der Waals surface area contributed by atoms with Crippen molar-refractivity contribution >= 4 is 24.6 Å². The first kappa shape index (κ1) is 17.0. The predicted molar refractivity (Wildman–Crippen MR) is 67.9 cm³/mol. The van der Waals surface area contributed by atoms with Gasteiger partial charge in [-0.25, -0.2) is 5.43 Å². The van der Waals surface area contributed by atoms with Crippen LogP contribution in [0.15, 0.2) is 23.3 Å². The molecule has 0 heterocycles. The predicted octanol–water partition coefficient (Wildman–Crippen LogP) is 1.95. The first-order chi connectivity index (χ1) is 8.34. The normalized spacial score (nSPS) is 10.9. The molecule has 5 nitrogen and oxygen atoms in total. The molecule has 0 aliphatic heterocycles. The molecular formula is C10H12ClF3N4O. The zero-order valence-corrected chi connectivity index (χ0v) is 10.6. The van der Waals surface area contributed by atoms with Crippen LogP contribution in [-0.4, -0.2) is 19.3 Å². The number of guanidine groups is 1. The summed E-state index contributed by atoms with van der Waals surface area (Å²) < 4.78 is 42.4. The second kappa shape index (κ2) is 6.83. The lowest BCUT2D eigenvalue weighted by Crippen LogP contribution is -2.25. The third kappa shape index (κ3) is 5.04. The minimum absolute atomic E-state index is 0. The average Bonchev–Trinajstić information content (AvgIpc) is 2.27. The minimum atomic E-state index is -4.44. The summed E-state index contributed by atoms with van der Waals surface area (Å²) in [6, 6.07) is 3.00. The molecule has 0 saturated carbocycles. The number of alkyl halides is 3. The van der Waals surface area contributed by atoms with Crippen LogP contribution in [-0.2, 0) is 6.18 Å². The minimum Gasteiger partial charge on any atom is -0.496 e. The van der Waals surface area contributed by atoms with Gasteiger partial charge in [-0.3, -0.25) is 5.41 Å². The monoisotopic (exact) mass is 296 g/mol. The van der Waals surface area contributed by atoms with Gasteiger partial charge in [-0.1, -0.05) is 0 Å². The van der Waals surface area contributed by atoms with Crippen LogP contribution in [0.2, 0.25) is 0 Å². The van der Waals surface area contributed by atoms with Gasteiger partial charge in [-0.15, -0.1) is 12.4 Å². The van der Waals surface area contributed by atoms with Crippen molar-refractivity contribution in [3.63, 3.8) is 0 Å². The van der Waals surface area contributed by atoms with Crippen molar-refractivity contribution in [2.45, 2.75) is 6.18 Å². The average molecular weight is 297 g/mol. The second-order valence-corrected chi connectivity index (χ2v) is 3.24. The van der Waals surface area contributed by atoms with Crippen LogP contribution >= 0.6 is 12.4 Å². The van der Waals surface area contributed by atoms with Crippen LogP contribution < -0.4 is 15.9 Å². The summed E-state index contributed by atoms with van der Waals surface area (Å²) in [5.74, 6) is -0.186. The van der Waals surface area contributed by atoms with E-state index in [2.05, 4.69) is 10.5 Å². The number of benzene rings is 1. The summed E-state index contributed by atoms with van der Waals surface area (Å²) >= 11 is 0. The van der Waals surface area contributed by atoms with E-state index in [4.69, 9.17) is 15.9 Å². The summed E-state index contributed by atoms with van der Waals surface area (Å²) in [6.45, 7) is 0. The molecule has 0 aliphatic carbocycles. The van der Waals surface area contributed by atoms with Gasteiger partial charge in [-0.2, -0.15) is 18.3 Å². The molecule has 0 aromatic heterocycles. The zero-order chi connectivity index (χ0) is 13.8. The molecule has 0 saturated heterocycles. The van der Waals surface area contributed by atoms with E-state index < -0.39 is 17.7 Å². The molecule has 0 unspecified atom stereocenters. The molecule has 1 aromatic carbocycles. The Bertz CT molecular complexity index is 476. The number of nitrogens with two attached hydrogens (primary N) is 1. The number of ether oxygens (including phenoxy) is 1. The third-order valence-electron chi connectivity index (χ3n) is 1.95. The largest absolute Gasteiger partial charge is 0.496 e. The van der Waals surface area contributed by atoms with Crippen molar-refractivity contribution in [3.8, 4) is 5.75 Å². The smallest absolute Gasteiger partial charge is 0.416 e. The fraction of sp³-hybridized carbons (Fsp3) is 0.200. The molecule has 1 aromatic rings. The molecule has 0 amide bonds. The van der Waals surface area contributed by atoms with Crippen LogP contribution in [0.5, 0.6) is 5.75 Å². The van der Waals surface area contributed by atoms with Crippen LogP contribution in [0.25, 0.3) is 0 Å². The third-order valence-corrected chi connectivity index (χ3v) is 1.95. The number of hydrogen-bond donors (Lipinski definition) is 3. The Morgan fingerprint density at radius 3 is 2.58 bits per heavy atom. The maximum Gasteiger partial charge on any atom is 0.416 e. The SMILES string of the molecule is COc1ccc(C(F)(F)F)cc1/C=N/NC(=N)N.Cl. The zero-order valence-electron chi connectivity index (χ0n) is 9.78. The van der Waals surface area contributed by atoms with Gasteiger partial charge in [0.15, 0.2) is 0 Å². The van der Waals surface area contributed by atoms with E-state index in [9.17, 15) is 13.2 Å². The quantitative estimate of drug-likeness (QED) is 0.453. The molecule has 106 valence electrons. The molecule has 4 N–H and O–H groups in total. The van der Waals surface area contributed by atoms with E-state index >= 15 is 0 Å². The van der Waals surface area contributed by atoms with Crippen molar-refractivity contribution in [1.29, 1.82) is 5.41 Å². The van der Waals surface area contributed by atoms with E-state index in [1.165, 1.54) is 13.2 Å². The van der Waals surface area contributed by atoms with Crippen LogP contribution in [0.4, 0.5) is 13.2 Å². The van der Waals surface area contributed by atoms with Crippen molar-refractivity contribution < 1.29 is 17.9 Å². The van der Waals surface area contributed by atoms with E-state index in [0.717, 1.165) is 18.3 Å². The van der Waals surface area contributed by atoms with E-state index in [0.29, 0.717) is 0 Å². The van der Waals surface area contributed by atoms with Crippen molar-refractivity contribution in [3.05, 3.63) is 29.3 Å². The Labute approximate surface area is 113 Å². The molecule has 1 rings (SSSR count). The topological polar surface area (TPSA) is 83.5 Å². The van der Waals surface area contributed by atoms with Crippen LogP contribution in [0.1, 0.15) is 11.1 Å². The van der Waals surface area contributed by atoms with Crippen molar-refractivity contribution in [2.75, 3.05) is 7.11 Å².